The van der Waals surface area contributed by atoms with E-state index in [1.165, 1.54) is 0 Å². The molecule has 0 aromatic carbocycles. The Morgan fingerprint density at radius 3 is 3.14 bits per heavy atom. The molecule has 0 amide bonds. The molecule has 0 spiro atoms. The molecule has 1 aromatic heterocycles. The molecule has 14 heavy (non-hydrogen) atoms. The Balaban J connectivity index is 1.64. The fraction of sp³-hybridized carbons (Fsp3) is 0.700. The Labute approximate surface area is 88.2 Å². The van der Waals surface area contributed by atoms with Crippen molar-refractivity contribution >= 4 is 11.3 Å². The first-order chi connectivity index (χ1) is 6.84. The average Bonchev–Trinajstić information content (AvgIpc) is 2.77. The van der Waals surface area contributed by atoms with Crippen LogP contribution in [0.1, 0.15) is 24.3 Å². The Hall–Kier alpha value is -0.450. The maximum absolute atomic E-state index is 9.34. The van der Waals surface area contributed by atoms with E-state index in [4.69, 9.17) is 0 Å². The number of hydrogen-bond donors (Lipinski definition) is 2. The van der Waals surface area contributed by atoms with Crippen LogP contribution < -0.4 is 5.32 Å². The molecular weight excluding hydrogens is 196 g/mol. The molecule has 1 heterocycles. The summed E-state index contributed by atoms with van der Waals surface area (Å²) in [5.74, 6) is 0.657. The minimum atomic E-state index is -0.0540. The van der Waals surface area contributed by atoms with Crippen molar-refractivity contribution in [2.45, 2.75) is 31.9 Å². The minimum Gasteiger partial charge on any atom is -0.393 e. The van der Waals surface area contributed by atoms with E-state index in [-0.39, 0.29) is 6.10 Å². The van der Waals surface area contributed by atoms with Gasteiger partial charge >= 0.3 is 0 Å². The molecule has 1 fully saturated rings. The van der Waals surface area contributed by atoms with Crippen molar-refractivity contribution in [2.75, 3.05) is 6.54 Å². The molecule has 2 atom stereocenters. The highest BCUT2D eigenvalue weighted by molar-refractivity contribution is 7.09. The van der Waals surface area contributed by atoms with Crippen LogP contribution in [0.25, 0.3) is 0 Å². The SMILES string of the molecule is OC1CCC(CNCc2nccs2)C1. The van der Waals surface area contributed by atoms with Gasteiger partial charge in [0.15, 0.2) is 0 Å². The highest BCUT2D eigenvalue weighted by Crippen LogP contribution is 2.24. The molecule has 1 aliphatic carbocycles. The van der Waals surface area contributed by atoms with Gasteiger partial charge in [-0.1, -0.05) is 0 Å². The number of rotatable bonds is 4. The number of nitrogens with zero attached hydrogens (tertiary/aromatic N) is 1. The predicted molar refractivity (Wildman–Crippen MR) is 57.2 cm³/mol. The van der Waals surface area contributed by atoms with Crippen molar-refractivity contribution < 1.29 is 5.11 Å². The van der Waals surface area contributed by atoms with Crippen LogP contribution in [0.2, 0.25) is 0 Å². The molecule has 0 aliphatic heterocycles. The Kier molecular flexibility index (Phi) is 3.50. The normalized spacial score (nSPS) is 26.9. The van der Waals surface area contributed by atoms with Crippen LogP contribution in [0.15, 0.2) is 11.6 Å². The van der Waals surface area contributed by atoms with E-state index in [2.05, 4.69) is 10.3 Å². The summed E-state index contributed by atoms with van der Waals surface area (Å²) in [6, 6.07) is 0. The van der Waals surface area contributed by atoms with Crippen LogP contribution >= 0.6 is 11.3 Å². The van der Waals surface area contributed by atoms with Gasteiger partial charge in [0.1, 0.15) is 5.01 Å². The number of aromatic nitrogens is 1. The molecule has 1 aromatic rings. The zero-order valence-electron chi connectivity index (χ0n) is 8.15. The van der Waals surface area contributed by atoms with Crippen molar-refractivity contribution in [2.24, 2.45) is 5.92 Å². The second kappa shape index (κ2) is 4.87. The van der Waals surface area contributed by atoms with Crippen molar-refractivity contribution in [3.8, 4) is 0 Å². The number of nitrogens with one attached hydrogen (secondary N) is 1. The van der Waals surface area contributed by atoms with E-state index in [9.17, 15) is 5.11 Å². The van der Waals surface area contributed by atoms with E-state index in [1.54, 1.807) is 11.3 Å². The first-order valence-electron chi connectivity index (χ1n) is 5.12. The minimum absolute atomic E-state index is 0.0540. The maximum atomic E-state index is 9.34. The van der Waals surface area contributed by atoms with E-state index in [0.29, 0.717) is 5.92 Å². The standard InChI is InChI=1S/C10H16N2OS/c13-9-2-1-8(5-9)6-11-7-10-12-3-4-14-10/h3-4,8-9,11,13H,1-2,5-7H2. The third-order valence-electron chi connectivity index (χ3n) is 2.71. The first-order valence-corrected chi connectivity index (χ1v) is 5.99. The molecule has 0 radical (unpaired) electrons. The number of thiazole rings is 1. The van der Waals surface area contributed by atoms with Crippen LogP contribution in [0.5, 0.6) is 0 Å². The van der Waals surface area contributed by atoms with Gasteiger partial charge in [-0.15, -0.1) is 11.3 Å². The molecular formula is C10H16N2OS. The van der Waals surface area contributed by atoms with Gasteiger partial charge < -0.3 is 10.4 Å². The maximum Gasteiger partial charge on any atom is 0.106 e. The van der Waals surface area contributed by atoms with Gasteiger partial charge in [0.05, 0.1) is 6.10 Å². The molecule has 3 nitrogen and oxygen atoms in total. The monoisotopic (exact) mass is 212 g/mol. The van der Waals surface area contributed by atoms with Gasteiger partial charge in [0.25, 0.3) is 0 Å². The summed E-state index contributed by atoms with van der Waals surface area (Å²) in [5, 5.41) is 15.9. The molecule has 2 rings (SSSR count). The molecule has 1 saturated carbocycles. The number of hydrogen-bond acceptors (Lipinski definition) is 4. The van der Waals surface area contributed by atoms with Gasteiger partial charge in [0, 0.05) is 18.1 Å². The Morgan fingerprint density at radius 1 is 1.57 bits per heavy atom. The Morgan fingerprint density at radius 2 is 2.50 bits per heavy atom. The Bertz CT molecular complexity index is 263. The van der Waals surface area contributed by atoms with Gasteiger partial charge in [-0.2, -0.15) is 0 Å². The number of aliphatic hydroxyl groups excluding tert-OH is 1. The lowest BCUT2D eigenvalue weighted by molar-refractivity contribution is 0.177. The van der Waals surface area contributed by atoms with Crippen molar-refractivity contribution in [3.63, 3.8) is 0 Å². The highest BCUT2D eigenvalue weighted by Gasteiger charge is 2.21. The zero-order chi connectivity index (χ0) is 9.80. The van der Waals surface area contributed by atoms with Crippen molar-refractivity contribution in [3.05, 3.63) is 16.6 Å². The van der Waals surface area contributed by atoms with Gasteiger partial charge in [-0.25, -0.2) is 4.98 Å². The van der Waals surface area contributed by atoms with Crippen LogP contribution in [0.4, 0.5) is 0 Å². The summed E-state index contributed by atoms with van der Waals surface area (Å²) in [7, 11) is 0. The summed E-state index contributed by atoms with van der Waals surface area (Å²) in [6.45, 7) is 1.88. The number of aliphatic hydroxyl groups is 1. The molecule has 2 N–H and O–H groups in total. The molecule has 78 valence electrons. The summed E-state index contributed by atoms with van der Waals surface area (Å²) in [4.78, 5) is 4.20. The quantitative estimate of drug-likeness (QED) is 0.793. The first kappa shape index (κ1) is 10.1. The lowest BCUT2D eigenvalue weighted by Gasteiger charge is -2.09. The van der Waals surface area contributed by atoms with E-state index in [0.717, 1.165) is 37.4 Å². The molecule has 0 saturated heterocycles. The highest BCUT2D eigenvalue weighted by atomic mass is 32.1. The van der Waals surface area contributed by atoms with Crippen molar-refractivity contribution in [1.82, 2.24) is 10.3 Å². The molecule has 4 heteroatoms. The molecule has 2 unspecified atom stereocenters. The summed E-state index contributed by atoms with van der Waals surface area (Å²) in [5.41, 5.74) is 0. The van der Waals surface area contributed by atoms with Crippen LogP contribution in [-0.4, -0.2) is 22.7 Å². The molecule has 1 aliphatic rings. The van der Waals surface area contributed by atoms with Gasteiger partial charge in [-0.05, 0) is 31.7 Å². The van der Waals surface area contributed by atoms with E-state index < -0.39 is 0 Å². The summed E-state index contributed by atoms with van der Waals surface area (Å²) >= 11 is 1.68. The average molecular weight is 212 g/mol. The summed E-state index contributed by atoms with van der Waals surface area (Å²) in [6.07, 6.45) is 4.88. The second-order valence-electron chi connectivity index (χ2n) is 3.89. The third kappa shape index (κ3) is 2.77. The van der Waals surface area contributed by atoms with Crippen molar-refractivity contribution in [1.29, 1.82) is 0 Å². The van der Waals surface area contributed by atoms with E-state index >= 15 is 0 Å². The third-order valence-corrected chi connectivity index (χ3v) is 3.49. The second-order valence-corrected chi connectivity index (χ2v) is 4.87. The van der Waals surface area contributed by atoms with Gasteiger partial charge in [-0.3, -0.25) is 0 Å². The van der Waals surface area contributed by atoms with Crippen LogP contribution in [0, 0.1) is 5.92 Å². The van der Waals surface area contributed by atoms with E-state index in [1.807, 2.05) is 11.6 Å². The smallest absolute Gasteiger partial charge is 0.106 e. The zero-order valence-corrected chi connectivity index (χ0v) is 8.96. The summed E-state index contributed by atoms with van der Waals surface area (Å²) < 4.78 is 0. The molecule has 0 bridgehead atoms. The van der Waals surface area contributed by atoms with Gasteiger partial charge in [0.2, 0.25) is 0 Å². The topological polar surface area (TPSA) is 45.1 Å². The fourth-order valence-electron chi connectivity index (χ4n) is 1.96. The lowest BCUT2D eigenvalue weighted by Crippen LogP contribution is -2.21. The largest absolute Gasteiger partial charge is 0.393 e. The fourth-order valence-corrected chi connectivity index (χ4v) is 2.54. The lowest BCUT2D eigenvalue weighted by atomic mass is 10.1. The predicted octanol–water partition coefficient (Wildman–Crippen LogP) is 1.39. The van der Waals surface area contributed by atoms with Crippen LogP contribution in [0.3, 0.4) is 0 Å². The van der Waals surface area contributed by atoms with Crippen LogP contribution in [-0.2, 0) is 6.54 Å².